The largest absolute Gasteiger partial charge is 0.0616 e. The van der Waals surface area contributed by atoms with Crippen molar-refractivity contribution >= 4 is 0 Å². The summed E-state index contributed by atoms with van der Waals surface area (Å²) in [5.74, 6) is 6.80. The van der Waals surface area contributed by atoms with E-state index in [1.807, 2.05) is 0 Å². The van der Waals surface area contributed by atoms with E-state index in [0.717, 1.165) is 47.3 Å². The number of hydrogen-bond acceptors (Lipinski definition) is 0. The predicted molar refractivity (Wildman–Crippen MR) is 174 cm³/mol. The molecule has 0 aromatic rings. The number of rotatable bonds is 0. The maximum atomic E-state index is 3.07. The van der Waals surface area contributed by atoms with Crippen LogP contribution in [-0.4, -0.2) is 0 Å². The van der Waals surface area contributed by atoms with E-state index in [9.17, 15) is 0 Å². The zero-order valence-corrected chi connectivity index (χ0v) is 31.3. The molecule has 0 radical (unpaired) electrons. The van der Waals surface area contributed by atoms with Gasteiger partial charge >= 0.3 is 0 Å². The van der Waals surface area contributed by atoms with Crippen LogP contribution in [0.25, 0.3) is 0 Å². The van der Waals surface area contributed by atoms with Crippen LogP contribution >= 0.6 is 0 Å². The van der Waals surface area contributed by atoms with Gasteiger partial charge in [-0.1, -0.05) is 125 Å². The van der Waals surface area contributed by atoms with E-state index in [1.165, 1.54) is 6.42 Å². The summed E-state index contributed by atoms with van der Waals surface area (Å²) in [5.41, 5.74) is 6.11. The molecule has 15 fully saturated rings. The molecule has 24 atom stereocenters. The fraction of sp³-hybridized carbons (Fsp3) is 1.00. The quantitative estimate of drug-likeness (QED) is 0.267. The van der Waals surface area contributed by atoms with E-state index in [0.29, 0.717) is 86.6 Å². The molecule has 24 unspecified atom stereocenters. The Morgan fingerprint density at radius 2 is 0.884 bits per heavy atom. The van der Waals surface area contributed by atoms with Gasteiger partial charge in [0, 0.05) is 0 Å². The molecule has 43 heavy (non-hydrogen) atoms. The first-order chi connectivity index (χ1) is 19.3. The molecule has 0 heteroatoms. The van der Waals surface area contributed by atoms with Gasteiger partial charge in [0.2, 0.25) is 0 Å². The van der Waals surface area contributed by atoms with Gasteiger partial charge in [-0.2, -0.15) is 0 Å². The third-order valence-electron chi connectivity index (χ3n) is 29.1. The third kappa shape index (κ3) is 1.04. The van der Waals surface area contributed by atoms with Gasteiger partial charge in [0.25, 0.3) is 0 Å². The standard InChI is InChI=1S/C43H64/c1-20-23-24-21(2)32(8)33(20,9)37(13)30(24,6)26-27-34(32,10)38(14)39(15,35(26,37)11)41(17)36(12)29(5)19-28(23,4)25-22(3)31(29,7)40(16,42(38,41)18)43(25,27)36/h20-27H,19H2,1-18H3. The Labute approximate surface area is 264 Å². The summed E-state index contributed by atoms with van der Waals surface area (Å²) in [5, 5.41) is 0. The molecular weight excluding hydrogens is 516 g/mol. The van der Waals surface area contributed by atoms with Crippen molar-refractivity contribution < 1.29 is 0 Å². The van der Waals surface area contributed by atoms with E-state index >= 15 is 0 Å². The molecule has 19 bridgehead atoms. The lowest BCUT2D eigenvalue weighted by atomic mass is 9.03. The molecule has 0 saturated heterocycles. The second-order valence-electron chi connectivity index (χ2n) is 23.9. The average Bonchev–Trinajstić information content (AvgIpc) is 3.10. The molecule has 0 nitrogen and oxygen atoms in total. The molecule has 0 amide bonds. The van der Waals surface area contributed by atoms with Crippen molar-refractivity contribution in [1.29, 1.82) is 0 Å². The average molecular weight is 581 g/mol. The van der Waals surface area contributed by atoms with Crippen molar-refractivity contribution in [2.45, 2.75) is 131 Å². The molecule has 15 aliphatic carbocycles. The summed E-state index contributed by atoms with van der Waals surface area (Å²) in [6, 6.07) is 0. The Morgan fingerprint density at radius 3 is 1.47 bits per heavy atom. The minimum atomic E-state index is 0.334. The molecular formula is C43H64. The second-order valence-corrected chi connectivity index (χ2v) is 23.9. The van der Waals surface area contributed by atoms with Crippen molar-refractivity contribution in [1.82, 2.24) is 0 Å². The van der Waals surface area contributed by atoms with Gasteiger partial charge in [-0.25, -0.2) is 0 Å². The van der Waals surface area contributed by atoms with Crippen LogP contribution in [0.4, 0.5) is 0 Å². The van der Waals surface area contributed by atoms with Crippen molar-refractivity contribution in [2.24, 2.45) is 134 Å². The van der Waals surface area contributed by atoms with Crippen LogP contribution in [0.15, 0.2) is 0 Å². The SMILES string of the molecule is CC1C2C3C(C)C4(C)C1(C)C1(C)C5C6C2(C)C4(C)C6(C)C2(C)C1(C)C1(C)C4(C)C6(C)C(C)C7C3(C)CC6(C)C(C)(C754)C21C. The van der Waals surface area contributed by atoms with Crippen LogP contribution < -0.4 is 0 Å². The molecule has 0 aromatic carbocycles. The lowest BCUT2D eigenvalue weighted by molar-refractivity contribution is -0.545. The first-order valence-corrected chi connectivity index (χ1v) is 19.3. The molecule has 15 saturated carbocycles. The fourth-order valence-electron chi connectivity index (χ4n) is 29.3. The van der Waals surface area contributed by atoms with Crippen molar-refractivity contribution in [3.8, 4) is 0 Å². The maximum Gasteiger partial charge on any atom is -0.00943 e. The summed E-state index contributed by atoms with van der Waals surface area (Å²) in [6.07, 6.45) is 1.51. The molecule has 1 spiro atoms. The van der Waals surface area contributed by atoms with Gasteiger partial charge in [0.15, 0.2) is 0 Å². The highest BCUT2D eigenvalue weighted by Gasteiger charge is 3.22. The first-order valence-electron chi connectivity index (χ1n) is 19.3. The van der Waals surface area contributed by atoms with E-state index in [4.69, 9.17) is 0 Å². The van der Waals surface area contributed by atoms with Crippen LogP contribution in [0.2, 0.25) is 0 Å². The molecule has 0 N–H and O–H groups in total. The highest BCUT2D eigenvalue weighted by molar-refractivity contribution is 5.67. The van der Waals surface area contributed by atoms with Gasteiger partial charge in [-0.3, -0.25) is 0 Å². The van der Waals surface area contributed by atoms with Crippen molar-refractivity contribution in [2.75, 3.05) is 0 Å². The Balaban J connectivity index is 1.48. The van der Waals surface area contributed by atoms with Crippen LogP contribution in [-0.2, 0) is 0 Å². The van der Waals surface area contributed by atoms with E-state index in [2.05, 4.69) is 125 Å². The monoisotopic (exact) mass is 581 g/mol. The Morgan fingerprint density at radius 1 is 0.372 bits per heavy atom. The zero-order valence-electron chi connectivity index (χ0n) is 31.3. The first kappa shape index (κ1) is 26.0. The minimum absolute atomic E-state index is 0.334. The summed E-state index contributed by atoms with van der Waals surface area (Å²) >= 11 is 0. The Bertz CT molecular complexity index is 1670. The van der Waals surface area contributed by atoms with Crippen molar-refractivity contribution in [3.63, 3.8) is 0 Å². The number of hydrogen-bond donors (Lipinski definition) is 0. The fourth-order valence-corrected chi connectivity index (χ4v) is 29.3. The summed E-state index contributed by atoms with van der Waals surface area (Å²) < 4.78 is 0. The van der Waals surface area contributed by atoms with Gasteiger partial charge in [0.1, 0.15) is 0 Å². The summed E-state index contributed by atoms with van der Waals surface area (Å²) in [6.45, 7) is 53.7. The van der Waals surface area contributed by atoms with E-state index in [-0.39, 0.29) is 0 Å². The normalized spacial score (nSPS) is 93.3. The second kappa shape index (κ2) is 4.82. The summed E-state index contributed by atoms with van der Waals surface area (Å²) in [7, 11) is 0. The Kier molecular flexibility index (Phi) is 2.92. The molecule has 15 aliphatic rings. The van der Waals surface area contributed by atoms with E-state index < -0.39 is 0 Å². The van der Waals surface area contributed by atoms with Gasteiger partial charge in [-0.15, -0.1) is 0 Å². The highest BCUT2D eigenvalue weighted by atomic mass is 15.2. The van der Waals surface area contributed by atoms with Crippen molar-refractivity contribution in [3.05, 3.63) is 0 Å². The smallest absolute Gasteiger partial charge is 0.00943 e. The minimum Gasteiger partial charge on any atom is -0.0616 e. The molecule has 0 heterocycles. The molecule has 0 aliphatic heterocycles. The van der Waals surface area contributed by atoms with Crippen LogP contribution in [0, 0.1) is 134 Å². The van der Waals surface area contributed by atoms with Crippen LogP contribution in [0.1, 0.15) is 131 Å². The lowest BCUT2D eigenvalue weighted by Gasteiger charge is -3.00. The zero-order chi connectivity index (χ0) is 31.3. The molecule has 0 aromatic heterocycles. The van der Waals surface area contributed by atoms with E-state index in [1.54, 1.807) is 0 Å². The maximum absolute atomic E-state index is 3.07. The third-order valence-corrected chi connectivity index (χ3v) is 29.1. The highest BCUT2D eigenvalue weighted by Crippen LogP contribution is 3.25. The van der Waals surface area contributed by atoms with Crippen LogP contribution in [0.5, 0.6) is 0 Å². The lowest BCUT2D eigenvalue weighted by Crippen LogP contribution is -2.97. The van der Waals surface area contributed by atoms with Gasteiger partial charge in [0.05, 0.1) is 0 Å². The molecule has 236 valence electrons. The Hall–Kier alpha value is 0. The summed E-state index contributed by atoms with van der Waals surface area (Å²) in [4.78, 5) is 0. The van der Waals surface area contributed by atoms with Gasteiger partial charge in [-0.05, 0) is 140 Å². The van der Waals surface area contributed by atoms with Gasteiger partial charge < -0.3 is 0 Å². The molecule has 15 rings (SSSR count). The predicted octanol–water partition coefficient (Wildman–Crippen LogP) is 10.6. The van der Waals surface area contributed by atoms with Crippen LogP contribution in [0.3, 0.4) is 0 Å². The topological polar surface area (TPSA) is 0 Å².